The third kappa shape index (κ3) is 7.42. The Morgan fingerprint density at radius 3 is 2.65 bits per heavy atom. The van der Waals surface area contributed by atoms with Crippen molar-refractivity contribution >= 4 is 29.9 Å². The van der Waals surface area contributed by atoms with Crippen molar-refractivity contribution in [2.45, 2.75) is 70.4 Å². The van der Waals surface area contributed by atoms with Crippen molar-refractivity contribution in [1.82, 2.24) is 15.5 Å². The number of nitrogens with one attached hydrogen (secondary N) is 2. The summed E-state index contributed by atoms with van der Waals surface area (Å²) >= 11 is 0. The molecule has 0 aromatic heterocycles. The SMILES string of the molecule is C/C=C/CCNC(=NC)NC1CCCN(C2CCCCC2)C1.I. The summed E-state index contributed by atoms with van der Waals surface area (Å²) in [6, 6.07) is 1.38. The van der Waals surface area contributed by atoms with Gasteiger partial charge >= 0.3 is 0 Å². The van der Waals surface area contributed by atoms with Crippen LogP contribution in [-0.4, -0.2) is 49.6 Å². The quantitative estimate of drug-likeness (QED) is 0.229. The molecule has 1 atom stereocenters. The second kappa shape index (κ2) is 12.1. The number of hydrogen-bond acceptors (Lipinski definition) is 2. The maximum absolute atomic E-state index is 4.37. The zero-order valence-corrected chi connectivity index (χ0v) is 17.2. The fraction of sp³-hybridized carbons (Fsp3) is 0.833. The molecule has 2 aliphatic rings. The average molecular weight is 434 g/mol. The zero-order valence-electron chi connectivity index (χ0n) is 14.9. The van der Waals surface area contributed by atoms with E-state index in [4.69, 9.17) is 0 Å². The van der Waals surface area contributed by atoms with Crippen LogP contribution in [0.4, 0.5) is 0 Å². The van der Waals surface area contributed by atoms with Gasteiger partial charge in [0.25, 0.3) is 0 Å². The van der Waals surface area contributed by atoms with Gasteiger partial charge in [0.15, 0.2) is 5.96 Å². The van der Waals surface area contributed by atoms with Gasteiger partial charge in [0, 0.05) is 32.2 Å². The Morgan fingerprint density at radius 1 is 1.17 bits per heavy atom. The minimum absolute atomic E-state index is 0. The molecule has 0 aromatic rings. The normalized spacial score (nSPS) is 24.4. The topological polar surface area (TPSA) is 39.7 Å². The molecular weight excluding hydrogens is 399 g/mol. The van der Waals surface area contributed by atoms with E-state index in [1.165, 1.54) is 58.0 Å². The molecule has 0 radical (unpaired) electrons. The largest absolute Gasteiger partial charge is 0.356 e. The lowest BCUT2D eigenvalue weighted by atomic mass is 9.92. The van der Waals surface area contributed by atoms with E-state index in [0.717, 1.165) is 25.0 Å². The van der Waals surface area contributed by atoms with E-state index in [0.29, 0.717) is 6.04 Å². The Hall–Kier alpha value is -0.300. The summed E-state index contributed by atoms with van der Waals surface area (Å²) < 4.78 is 0. The van der Waals surface area contributed by atoms with Crippen molar-refractivity contribution in [2.75, 3.05) is 26.7 Å². The Labute approximate surface area is 159 Å². The predicted molar refractivity (Wildman–Crippen MR) is 111 cm³/mol. The van der Waals surface area contributed by atoms with E-state index in [-0.39, 0.29) is 24.0 Å². The lowest BCUT2D eigenvalue weighted by Crippen LogP contribution is -2.53. The lowest BCUT2D eigenvalue weighted by Gasteiger charge is -2.40. The zero-order chi connectivity index (χ0) is 15.6. The van der Waals surface area contributed by atoms with Gasteiger partial charge in [-0.2, -0.15) is 0 Å². The van der Waals surface area contributed by atoms with Gasteiger partial charge in [0.1, 0.15) is 0 Å². The van der Waals surface area contributed by atoms with Crippen molar-refractivity contribution < 1.29 is 0 Å². The highest BCUT2D eigenvalue weighted by atomic mass is 127. The minimum atomic E-state index is 0. The van der Waals surface area contributed by atoms with Gasteiger partial charge in [0.2, 0.25) is 0 Å². The highest BCUT2D eigenvalue weighted by molar-refractivity contribution is 14.0. The molecule has 2 fully saturated rings. The first-order valence-electron chi connectivity index (χ1n) is 9.16. The van der Waals surface area contributed by atoms with Crippen LogP contribution in [0.1, 0.15) is 58.3 Å². The molecule has 4 nitrogen and oxygen atoms in total. The van der Waals surface area contributed by atoms with Gasteiger partial charge in [-0.1, -0.05) is 31.4 Å². The summed E-state index contributed by atoms with van der Waals surface area (Å²) in [6.45, 7) is 5.48. The van der Waals surface area contributed by atoms with Crippen LogP contribution in [0.3, 0.4) is 0 Å². The van der Waals surface area contributed by atoms with Crippen LogP contribution in [0.15, 0.2) is 17.1 Å². The fourth-order valence-electron chi connectivity index (χ4n) is 3.73. The number of nitrogens with zero attached hydrogens (tertiary/aromatic N) is 2. The molecule has 0 bridgehead atoms. The molecular formula is C18H35IN4. The Bertz CT molecular complexity index is 364. The molecule has 23 heavy (non-hydrogen) atoms. The second-order valence-corrected chi connectivity index (χ2v) is 6.63. The molecule has 2 rings (SSSR count). The molecule has 1 saturated heterocycles. The van der Waals surface area contributed by atoms with Crippen molar-refractivity contribution in [3.05, 3.63) is 12.2 Å². The summed E-state index contributed by atoms with van der Waals surface area (Å²) in [5.41, 5.74) is 0. The van der Waals surface area contributed by atoms with Crippen LogP contribution in [0, 0.1) is 0 Å². The molecule has 1 heterocycles. The van der Waals surface area contributed by atoms with E-state index in [1.54, 1.807) is 0 Å². The molecule has 5 heteroatoms. The Kier molecular flexibility index (Phi) is 10.9. The number of halogens is 1. The first-order chi connectivity index (χ1) is 10.8. The first-order valence-corrected chi connectivity index (χ1v) is 9.16. The van der Waals surface area contributed by atoms with E-state index >= 15 is 0 Å². The van der Waals surface area contributed by atoms with Gasteiger partial charge in [-0.15, -0.1) is 24.0 Å². The smallest absolute Gasteiger partial charge is 0.191 e. The summed E-state index contributed by atoms with van der Waals surface area (Å²) in [7, 11) is 1.87. The first kappa shape index (κ1) is 20.7. The van der Waals surface area contributed by atoms with Crippen LogP contribution < -0.4 is 10.6 Å². The standard InChI is InChI=1S/C18H34N4.HI/c1-3-4-8-13-20-18(19-2)21-16-10-9-14-22(15-16)17-11-6-5-7-12-17;/h3-4,16-17H,5-15H2,1-2H3,(H2,19,20,21);1H/b4-3+;. The predicted octanol–water partition coefficient (Wildman–Crippen LogP) is 3.53. The molecule has 134 valence electrons. The molecule has 2 N–H and O–H groups in total. The molecule has 1 saturated carbocycles. The minimum Gasteiger partial charge on any atom is -0.356 e. The summed E-state index contributed by atoms with van der Waals surface area (Å²) in [4.78, 5) is 7.10. The van der Waals surface area contributed by atoms with E-state index in [1.807, 2.05) is 7.05 Å². The summed E-state index contributed by atoms with van der Waals surface area (Å²) in [5, 5.41) is 7.04. The van der Waals surface area contributed by atoms with Crippen molar-refractivity contribution in [1.29, 1.82) is 0 Å². The van der Waals surface area contributed by atoms with Gasteiger partial charge in [-0.05, 0) is 45.6 Å². The van der Waals surface area contributed by atoms with Gasteiger partial charge in [-0.3, -0.25) is 9.89 Å². The molecule has 1 aliphatic heterocycles. The number of piperidine rings is 1. The van der Waals surface area contributed by atoms with E-state index in [9.17, 15) is 0 Å². The number of guanidine groups is 1. The van der Waals surface area contributed by atoms with Crippen LogP contribution in [0.5, 0.6) is 0 Å². The van der Waals surface area contributed by atoms with Crippen molar-refractivity contribution in [3.63, 3.8) is 0 Å². The van der Waals surface area contributed by atoms with Crippen molar-refractivity contribution in [3.8, 4) is 0 Å². The summed E-state index contributed by atoms with van der Waals surface area (Å²) in [5.74, 6) is 0.958. The monoisotopic (exact) mass is 434 g/mol. The van der Waals surface area contributed by atoms with Gasteiger partial charge in [0.05, 0.1) is 0 Å². The maximum atomic E-state index is 4.37. The molecule has 1 unspecified atom stereocenters. The lowest BCUT2D eigenvalue weighted by molar-refractivity contribution is 0.115. The molecule has 1 aliphatic carbocycles. The number of hydrogen-bond donors (Lipinski definition) is 2. The maximum Gasteiger partial charge on any atom is 0.191 e. The molecule has 0 aromatic carbocycles. The number of allylic oxidation sites excluding steroid dienone is 1. The third-order valence-electron chi connectivity index (χ3n) is 4.95. The van der Waals surface area contributed by atoms with E-state index < -0.39 is 0 Å². The van der Waals surface area contributed by atoms with Gasteiger partial charge in [-0.25, -0.2) is 0 Å². The highest BCUT2D eigenvalue weighted by Gasteiger charge is 2.27. The average Bonchev–Trinajstić information content (AvgIpc) is 2.58. The van der Waals surface area contributed by atoms with Crippen LogP contribution >= 0.6 is 24.0 Å². The fourth-order valence-corrected chi connectivity index (χ4v) is 3.73. The number of aliphatic imine (C=N–C) groups is 1. The molecule has 0 spiro atoms. The Morgan fingerprint density at radius 2 is 1.96 bits per heavy atom. The van der Waals surface area contributed by atoms with Gasteiger partial charge < -0.3 is 10.6 Å². The number of likely N-dealkylation sites (tertiary alicyclic amines) is 1. The number of rotatable bonds is 5. The second-order valence-electron chi connectivity index (χ2n) is 6.63. The van der Waals surface area contributed by atoms with Crippen LogP contribution in [-0.2, 0) is 0 Å². The van der Waals surface area contributed by atoms with Crippen LogP contribution in [0.2, 0.25) is 0 Å². The van der Waals surface area contributed by atoms with E-state index in [2.05, 4.69) is 39.6 Å². The van der Waals surface area contributed by atoms with Crippen molar-refractivity contribution in [2.24, 2.45) is 4.99 Å². The molecule has 0 amide bonds. The summed E-state index contributed by atoms with van der Waals surface area (Å²) in [6.07, 6.45) is 15.0. The van der Waals surface area contributed by atoms with Crippen LogP contribution in [0.25, 0.3) is 0 Å². The third-order valence-corrected chi connectivity index (χ3v) is 4.95. The Balaban J connectivity index is 0.00000264. The highest BCUT2D eigenvalue weighted by Crippen LogP contribution is 2.25.